The molecule has 0 aromatic carbocycles. The number of nitrogens with two attached hydrogens (primary N) is 1. The number of rotatable bonds is 3. The van der Waals surface area contributed by atoms with Crippen molar-refractivity contribution in [1.82, 2.24) is 14.8 Å². The van der Waals surface area contributed by atoms with Crippen LogP contribution >= 0.6 is 0 Å². The summed E-state index contributed by atoms with van der Waals surface area (Å²) in [4.78, 5) is 0. The van der Waals surface area contributed by atoms with E-state index in [1.54, 1.807) is 0 Å². The molecule has 78 valence electrons. The van der Waals surface area contributed by atoms with Gasteiger partial charge < -0.3 is 10.3 Å². The van der Waals surface area contributed by atoms with Crippen molar-refractivity contribution in [1.29, 1.82) is 0 Å². The SMILES string of the molecule is CCn1c(C)nnc1C(C)(N)C1CC1. The fraction of sp³-hybridized carbons (Fsp3) is 0.800. The van der Waals surface area contributed by atoms with Crippen LogP contribution in [0.2, 0.25) is 0 Å². The fourth-order valence-electron chi connectivity index (χ4n) is 2.02. The molecule has 0 aliphatic heterocycles. The molecule has 0 bridgehead atoms. The van der Waals surface area contributed by atoms with Crippen LogP contribution in [0, 0.1) is 12.8 Å². The predicted molar refractivity (Wildman–Crippen MR) is 54.7 cm³/mol. The Labute approximate surface area is 84.5 Å². The monoisotopic (exact) mass is 194 g/mol. The first-order valence-electron chi connectivity index (χ1n) is 5.26. The number of hydrogen-bond donors (Lipinski definition) is 1. The van der Waals surface area contributed by atoms with Gasteiger partial charge in [0.1, 0.15) is 5.82 Å². The van der Waals surface area contributed by atoms with Gasteiger partial charge in [0.2, 0.25) is 0 Å². The van der Waals surface area contributed by atoms with E-state index in [9.17, 15) is 0 Å². The van der Waals surface area contributed by atoms with Crippen molar-refractivity contribution in [3.05, 3.63) is 11.6 Å². The average molecular weight is 194 g/mol. The molecule has 1 aliphatic rings. The normalized spacial score (nSPS) is 20.9. The minimum atomic E-state index is -0.294. The van der Waals surface area contributed by atoms with Crippen molar-refractivity contribution in [3.8, 4) is 0 Å². The minimum absolute atomic E-state index is 0.294. The summed E-state index contributed by atoms with van der Waals surface area (Å²) in [6.07, 6.45) is 2.45. The quantitative estimate of drug-likeness (QED) is 0.786. The zero-order valence-corrected chi connectivity index (χ0v) is 9.12. The van der Waals surface area contributed by atoms with Crippen molar-refractivity contribution >= 4 is 0 Å². The Morgan fingerprint density at radius 2 is 2.14 bits per heavy atom. The second-order valence-corrected chi connectivity index (χ2v) is 4.37. The molecule has 1 aliphatic carbocycles. The molecule has 2 rings (SSSR count). The summed E-state index contributed by atoms with van der Waals surface area (Å²) in [5.41, 5.74) is 6.02. The van der Waals surface area contributed by atoms with Crippen molar-refractivity contribution < 1.29 is 0 Å². The smallest absolute Gasteiger partial charge is 0.153 e. The molecule has 4 heteroatoms. The second-order valence-electron chi connectivity index (χ2n) is 4.37. The van der Waals surface area contributed by atoms with E-state index in [1.807, 2.05) is 6.92 Å². The molecule has 1 heterocycles. The van der Waals surface area contributed by atoms with Crippen LogP contribution in [0.4, 0.5) is 0 Å². The lowest BCUT2D eigenvalue weighted by molar-refractivity contribution is 0.380. The van der Waals surface area contributed by atoms with E-state index < -0.39 is 0 Å². The Balaban J connectivity index is 2.39. The highest BCUT2D eigenvalue weighted by Gasteiger charge is 2.43. The van der Waals surface area contributed by atoms with Crippen molar-refractivity contribution in [2.75, 3.05) is 0 Å². The molecular formula is C10H18N4. The summed E-state index contributed by atoms with van der Waals surface area (Å²) in [6.45, 7) is 7.04. The highest BCUT2D eigenvalue weighted by Crippen LogP contribution is 2.43. The van der Waals surface area contributed by atoms with Gasteiger partial charge in [-0.1, -0.05) is 0 Å². The Morgan fingerprint density at radius 1 is 1.50 bits per heavy atom. The van der Waals surface area contributed by atoms with Gasteiger partial charge in [-0.15, -0.1) is 10.2 Å². The van der Waals surface area contributed by atoms with Crippen LogP contribution in [0.25, 0.3) is 0 Å². The minimum Gasteiger partial charge on any atom is -0.319 e. The average Bonchev–Trinajstić information content (AvgIpc) is 2.90. The molecule has 1 aromatic rings. The lowest BCUT2D eigenvalue weighted by atomic mass is 9.96. The maximum Gasteiger partial charge on any atom is 0.153 e. The molecule has 1 saturated carbocycles. The summed E-state index contributed by atoms with van der Waals surface area (Å²) in [5, 5.41) is 8.30. The van der Waals surface area contributed by atoms with Gasteiger partial charge in [0.15, 0.2) is 5.82 Å². The Bertz CT molecular complexity index is 336. The number of nitrogens with zero attached hydrogens (tertiary/aromatic N) is 3. The molecule has 2 N–H and O–H groups in total. The molecule has 1 atom stereocenters. The topological polar surface area (TPSA) is 56.7 Å². The number of aromatic nitrogens is 3. The van der Waals surface area contributed by atoms with Gasteiger partial charge >= 0.3 is 0 Å². The molecule has 1 unspecified atom stereocenters. The van der Waals surface area contributed by atoms with Gasteiger partial charge in [-0.05, 0) is 39.5 Å². The largest absolute Gasteiger partial charge is 0.319 e. The van der Waals surface area contributed by atoms with Crippen LogP contribution in [-0.2, 0) is 12.1 Å². The summed E-state index contributed by atoms with van der Waals surface area (Å²) in [5.74, 6) is 2.50. The van der Waals surface area contributed by atoms with Crippen LogP contribution in [0.15, 0.2) is 0 Å². The molecule has 0 radical (unpaired) electrons. The van der Waals surface area contributed by atoms with Gasteiger partial charge in [0, 0.05) is 6.54 Å². The summed E-state index contributed by atoms with van der Waals surface area (Å²) in [7, 11) is 0. The van der Waals surface area contributed by atoms with Crippen molar-refractivity contribution in [3.63, 3.8) is 0 Å². The molecule has 1 fully saturated rings. The second kappa shape index (κ2) is 3.05. The summed E-state index contributed by atoms with van der Waals surface area (Å²) >= 11 is 0. The standard InChI is InChI=1S/C10H18N4/c1-4-14-7(2)12-13-9(14)10(3,11)8-5-6-8/h8H,4-6,11H2,1-3H3. The van der Waals surface area contributed by atoms with Crippen LogP contribution in [0.1, 0.15) is 38.3 Å². The van der Waals surface area contributed by atoms with Crippen molar-refractivity contribution in [2.45, 2.75) is 45.7 Å². The van der Waals surface area contributed by atoms with Crippen LogP contribution in [-0.4, -0.2) is 14.8 Å². The van der Waals surface area contributed by atoms with E-state index in [0.717, 1.165) is 18.2 Å². The van der Waals surface area contributed by atoms with E-state index in [1.165, 1.54) is 12.8 Å². The third kappa shape index (κ3) is 1.34. The van der Waals surface area contributed by atoms with Gasteiger partial charge in [0.05, 0.1) is 5.54 Å². The van der Waals surface area contributed by atoms with Gasteiger partial charge in [-0.2, -0.15) is 0 Å². The summed E-state index contributed by atoms with van der Waals surface area (Å²) < 4.78 is 2.11. The molecule has 0 amide bonds. The van der Waals surface area contributed by atoms with E-state index in [-0.39, 0.29) is 5.54 Å². The van der Waals surface area contributed by atoms with E-state index >= 15 is 0 Å². The third-order valence-electron chi connectivity index (χ3n) is 3.16. The highest BCUT2D eigenvalue weighted by molar-refractivity contribution is 5.11. The first-order chi connectivity index (χ1) is 6.57. The number of aryl methyl sites for hydroxylation is 1. The predicted octanol–water partition coefficient (Wildman–Crippen LogP) is 1.19. The molecular weight excluding hydrogens is 176 g/mol. The van der Waals surface area contributed by atoms with Gasteiger partial charge in [-0.3, -0.25) is 0 Å². The first kappa shape index (κ1) is 9.65. The zero-order valence-electron chi connectivity index (χ0n) is 9.12. The molecule has 0 saturated heterocycles. The molecule has 1 aromatic heterocycles. The van der Waals surface area contributed by atoms with Crippen LogP contribution < -0.4 is 5.73 Å². The molecule has 4 nitrogen and oxygen atoms in total. The summed E-state index contributed by atoms with van der Waals surface area (Å²) in [6, 6.07) is 0. The fourth-order valence-corrected chi connectivity index (χ4v) is 2.02. The zero-order chi connectivity index (χ0) is 10.3. The molecule has 0 spiro atoms. The Morgan fingerprint density at radius 3 is 2.64 bits per heavy atom. The lowest BCUT2D eigenvalue weighted by Crippen LogP contribution is -2.38. The van der Waals surface area contributed by atoms with Crippen LogP contribution in [0.3, 0.4) is 0 Å². The van der Waals surface area contributed by atoms with Crippen molar-refractivity contribution in [2.24, 2.45) is 11.7 Å². The van der Waals surface area contributed by atoms with E-state index in [0.29, 0.717) is 5.92 Å². The third-order valence-corrected chi connectivity index (χ3v) is 3.16. The van der Waals surface area contributed by atoms with Crippen LogP contribution in [0.5, 0.6) is 0 Å². The lowest BCUT2D eigenvalue weighted by Gasteiger charge is -2.23. The Kier molecular flexibility index (Phi) is 2.10. The van der Waals surface area contributed by atoms with Gasteiger partial charge in [0.25, 0.3) is 0 Å². The number of hydrogen-bond acceptors (Lipinski definition) is 3. The first-order valence-corrected chi connectivity index (χ1v) is 5.26. The van der Waals surface area contributed by atoms with E-state index in [2.05, 4.69) is 28.6 Å². The maximum atomic E-state index is 6.31. The van der Waals surface area contributed by atoms with Gasteiger partial charge in [-0.25, -0.2) is 0 Å². The highest BCUT2D eigenvalue weighted by atomic mass is 15.3. The van der Waals surface area contributed by atoms with E-state index in [4.69, 9.17) is 5.73 Å². The molecule has 14 heavy (non-hydrogen) atoms. The maximum absolute atomic E-state index is 6.31. The Hall–Kier alpha value is -0.900.